The molecule has 1 saturated carbocycles. The van der Waals surface area contributed by atoms with E-state index in [-0.39, 0.29) is 11.6 Å². The van der Waals surface area contributed by atoms with Gasteiger partial charge in [0.2, 0.25) is 0 Å². The third-order valence-corrected chi connectivity index (χ3v) is 5.74. The zero-order valence-electron chi connectivity index (χ0n) is 17.7. The average molecular weight is 435 g/mol. The maximum absolute atomic E-state index is 13.5. The average Bonchev–Trinajstić information content (AvgIpc) is 3.61. The predicted molar refractivity (Wildman–Crippen MR) is 122 cm³/mol. The van der Waals surface area contributed by atoms with Gasteiger partial charge in [-0.3, -0.25) is 9.69 Å². The molecule has 3 N–H and O–H groups in total. The van der Waals surface area contributed by atoms with Gasteiger partial charge in [-0.2, -0.15) is 0 Å². The largest absolute Gasteiger partial charge is 0.486 e. The summed E-state index contributed by atoms with van der Waals surface area (Å²) in [5.41, 5.74) is 8.17. The van der Waals surface area contributed by atoms with Crippen molar-refractivity contribution >= 4 is 11.7 Å². The van der Waals surface area contributed by atoms with Crippen molar-refractivity contribution in [2.45, 2.75) is 38.1 Å². The van der Waals surface area contributed by atoms with E-state index < -0.39 is 23.9 Å². The highest BCUT2D eigenvalue weighted by Gasteiger charge is 2.45. The summed E-state index contributed by atoms with van der Waals surface area (Å²) in [6.45, 7) is 0.913. The molecule has 6 heteroatoms. The minimum Gasteiger partial charge on any atom is -0.486 e. The van der Waals surface area contributed by atoms with E-state index in [9.17, 15) is 14.3 Å². The molecule has 0 spiro atoms. The number of nitrogen functional groups attached to an aromatic ring is 1. The van der Waals surface area contributed by atoms with Crippen molar-refractivity contribution < 1.29 is 19.0 Å². The lowest BCUT2D eigenvalue weighted by Crippen LogP contribution is -2.51. The number of nitrogens with two attached hydrogens (primary N) is 1. The monoisotopic (exact) mass is 434 g/mol. The molecule has 1 aliphatic carbocycles. The molecule has 3 aromatic rings. The third kappa shape index (κ3) is 5.45. The lowest BCUT2D eigenvalue weighted by Gasteiger charge is -2.35. The van der Waals surface area contributed by atoms with Gasteiger partial charge < -0.3 is 15.6 Å². The molecular formula is C26H27FN2O3. The number of carboxylic acid groups (broad SMARTS) is 1. The first-order valence-electron chi connectivity index (χ1n) is 10.8. The summed E-state index contributed by atoms with van der Waals surface area (Å²) in [5.74, 6) is -0.986. The van der Waals surface area contributed by atoms with Crippen molar-refractivity contribution in [3.8, 4) is 5.75 Å². The van der Waals surface area contributed by atoms with Crippen molar-refractivity contribution in [3.63, 3.8) is 0 Å². The Bertz CT molecular complexity index is 1000. The van der Waals surface area contributed by atoms with Crippen molar-refractivity contribution in [3.05, 3.63) is 95.8 Å². The van der Waals surface area contributed by atoms with Crippen LogP contribution in [0.4, 0.5) is 10.1 Å². The number of nitrogens with zero attached hydrogens (tertiary/aromatic N) is 1. The molecular weight excluding hydrogens is 407 g/mol. The predicted octanol–water partition coefficient (Wildman–Crippen LogP) is 4.72. The Kier molecular flexibility index (Phi) is 6.71. The summed E-state index contributed by atoms with van der Waals surface area (Å²) in [6.07, 6.45) is 1.17. The maximum atomic E-state index is 13.5. The molecule has 1 aliphatic rings. The van der Waals surface area contributed by atoms with Gasteiger partial charge in [-0.05, 0) is 42.0 Å². The van der Waals surface area contributed by atoms with Crippen LogP contribution >= 0.6 is 0 Å². The Balaban J connectivity index is 1.67. The van der Waals surface area contributed by atoms with Gasteiger partial charge in [0.1, 0.15) is 23.7 Å². The second-order valence-electron chi connectivity index (χ2n) is 8.26. The molecule has 0 heterocycles. The van der Waals surface area contributed by atoms with Crippen LogP contribution < -0.4 is 10.5 Å². The van der Waals surface area contributed by atoms with Crippen LogP contribution in [0.3, 0.4) is 0 Å². The number of rotatable bonds is 10. The molecule has 32 heavy (non-hydrogen) atoms. The van der Waals surface area contributed by atoms with E-state index in [4.69, 9.17) is 10.5 Å². The highest BCUT2D eigenvalue weighted by Crippen LogP contribution is 2.39. The molecule has 2 atom stereocenters. The molecule has 4 rings (SSSR count). The normalized spacial score (nSPS) is 15.3. The maximum Gasteiger partial charge on any atom is 0.324 e. The van der Waals surface area contributed by atoms with E-state index in [0.29, 0.717) is 18.8 Å². The Morgan fingerprint density at radius 2 is 1.56 bits per heavy atom. The number of benzene rings is 3. The molecule has 0 saturated heterocycles. The molecule has 2 unspecified atom stereocenters. The van der Waals surface area contributed by atoms with Crippen LogP contribution in [0.2, 0.25) is 0 Å². The first-order valence-corrected chi connectivity index (χ1v) is 10.8. The quantitative estimate of drug-likeness (QED) is 0.452. The molecule has 0 aliphatic heterocycles. The van der Waals surface area contributed by atoms with E-state index >= 15 is 0 Å². The topological polar surface area (TPSA) is 75.8 Å². The van der Waals surface area contributed by atoms with Crippen LogP contribution in [-0.4, -0.2) is 28.1 Å². The fourth-order valence-electron chi connectivity index (χ4n) is 4.01. The van der Waals surface area contributed by atoms with Crippen LogP contribution in [0, 0.1) is 11.7 Å². The van der Waals surface area contributed by atoms with Crippen molar-refractivity contribution in [1.29, 1.82) is 0 Å². The van der Waals surface area contributed by atoms with Crippen LogP contribution in [0.1, 0.15) is 24.0 Å². The van der Waals surface area contributed by atoms with E-state index in [1.165, 1.54) is 18.2 Å². The van der Waals surface area contributed by atoms with Gasteiger partial charge in [0.25, 0.3) is 0 Å². The summed E-state index contributed by atoms with van der Waals surface area (Å²) < 4.78 is 19.7. The lowest BCUT2D eigenvalue weighted by molar-refractivity contribution is -0.148. The zero-order chi connectivity index (χ0) is 22.5. The standard InChI is InChI=1S/C26H27FN2O3/c27-21-13-14-23(22(28)15-21)32-25(20-11-12-20)24(26(30)31)29(16-18-7-3-1-4-8-18)17-19-9-5-2-6-10-19/h1-10,13-15,20,24-25H,11-12,16-17,28H2,(H,30,31). The number of carbonyl (C=O) groups is 1. The smallest absolute Gasteiger partial charge is 0.324 e. The molecule has 1 fully saturated rings. The van der Waals surface area contributed by atoms with Crippen molar-refractivity contribution in [2.24, 2.45) is 5.92 Å². The summed E-state index contributed by atoms with van der Waals surface area (Å²) in [5, 5.41) is 10.3. The SMILES string of the molecule is Nc1cc(F)ccc1OC(C1CC1)C(C(=O)O)N(Cc1ccccc1)Cc1ccccc1. The van der Waals surface area contributed by atoms with Crippen LogP contribution in [0.5, 0.6) is 5.75 Å². The number of anilines is 1. The summed E-state index contributed by atoms with van der Waals surface area (Å²) >= 11 is 0. The van der Waals surface area contributed by atoms with Crippen LogP contribution in [0.15, 0.2) is 78.9 Å². The summed E-state index contributed by atoms with van der Waals surface area (Å²) in [7, 11) is 0. The molecule has 0 radical (unpaired) electrons. The first kappa shape index (κ1) is 21.8. The third-order valence-electron chi connectivity index (χ3n) is 5.74. The van der Waals surface area contributed by atoms with Crippen molar-refractivity contribution in [1.82, 2.24) is 4.90 Å². The number of aliphatic carboxylic acids is 1. The number of hydrogen-bond acceptors (Lipinski definition) is 4. The van der Waals surface area contributed by atoms with Crippen molar-refractivity contribution in [2.75, 3.05) is 5.73 Å². The lowest BCUT2D eigenvalue weighted by atomic mass is 10.0. The molecule has 0 bridgehead atoms. The Morgan fingerprint density at radius 3 is 2.03 bits per heavy atom. The minimum absolute atomic E-state index is 0.106. The van der Waals surface area contributed by atoms with Gasteiger partial charge in [0, 0.05) is 19.2 Å². The molecule has 0 amide bonds. The number of ether oxygens (including phenoxy) is 1. The number of carboxylic acids is 1. The van der Waals surface area contributed by atoms with E-state index in [0.717, 1.165) is 24.0 Å². The second kappa shape index (κ2) is 9.83. The Morgan fingerprint density at radius 1 is 1.00 bits per heavy atom. The molecule has 0 aromatic heterocycles. The van der Waals surface area contributed by atoms with Crippen LogP contribution in [0.25, 0.3) is 0 Å². The second-order valence-corrected chi connectivity index (χ2v) is 8.26. The Labute approximate surface area is 187 Å². The van der Waals surface area contributed by atoms with Crippen LogP contribution in [-0.2, 0) is 17.9 Å². The zero-order valence-corrected chi connectivity index (χ0v) is 17.7. The van der Waals surface area contributed by atoms with Gasteiger partial charge in [0.15, 0.2) is 0 Å². The minimum atomic E-state index is -0.950. The number of halogens is 1. The van der Waals surface area contributed by atoms with E-state index in [1.807, 2.05) is 65.6 Å². The van der Waals surface area contributed by atoms with Gasteiger partial charge in [0.05, 0.1) is 5.69 Å². The van der Waals surface area contributed by atoms with E-state index in [1.54, 1.807) is 0 Å². The fourth-order valence-corrected chi connectivity index (χ4v) is 4.01. The summed E-state index contributed by atoms with van der Waals surface area (Å²) in [4.78, 5) is 14.6. The Hall–Kier alpha value is -3.38. The van der Waals surface area contributed by atoms with Gasteiger partial charge >= 0.3 is 5.97 Å². The fraction of sp³-hybridized carbons (Fsp3) is 0.269. The molecule has 166 valence electrons. The van der Waals surface area contributed by atoms with Gasteiger partial charge in [-0.1, -0.05) is 60.7 Å². The number of hydrogen-bond donors (Lipinski definition) is 2. The highest BCUT2D eigenvalue weighted by molar-refractivity contribution is 5.74. The van der Waals surface area contributed by atoms with E-state index in [2.05, 4.69) is 0 Å². The van der Waals surface area contributed by atoms with Gasteiger partial charge in [-0.15, -0.1) is 0 Å². The summed E-state index contributed by atoms with van der Waals surface area (Å²) in [6, 6.07) is 22.6. The van der Waals surface area contributed by atoms with Gasteiger partial charge in [-0.25, -0.2) is 4.39 Å². The molecule has 5 nitrogen and oxygen atoms in total. The first-order chi connectivity index (χ1) is 15.5. The molecule has 3 aromatic carbocycles. The highest BCUT2D eigenvalue weighted by atomic mass is 19.1.